The molecule has 2 atom stereocenters. The summed E-state index contributed by atoms with van der Waals surface area (Å²) in [7, 11) is -3.40. The van der Waals surface area contributed by atoms with Crippen molar-refractivity contribution in [3.05, 3.63) is 29.8 Å². The van der Waals surface area contributed by atoms with Crippen molar-refractivity contribution in [2.75, 3.05) is 13.1 Å². The maximum absolute atomic E-state index is 12.3. The van der Waals surface area contributed by atoms with E-state index in [4.69, 9.17) is 0 Å². The lowest BCUT2D eigenvalue weighted by Gasteiger charge is -2.30. The monoisotopic (exact) mass is 282 g/mol. The van der Waals surface area contributed by atoms with Gasteiger partial charge in [0.25, 0.3) is 0 Å². The van der Waals surface area contributed by atoms with Crippen LogP contribution in [0.25, 0.3) is 0 Å². The van der Waals surface area contributed by atoms with Gasteiger partial charge in [0.2, 0.25) is 10.0 Å². The molecule has 4 nitrogen and oxygen atoms in total. The first-order chi connectivity index (χ1) is 9.00. The van der Waals surface area contributed by atoms with Crippen LogP contribution in [0.2, 0.25) is 0 Å². The molecule has 106 valence electrons. The summed E-state index contributed by atoms with van der Waals surface area (Å²) in [5, 5.41) is 3.38. The fourth-order valence-corrected chi connectivity index (χ4v) is 3.83. The summed E-state index contributed by atoms with van der Waals surface area (Å²) in [6, 6.07) is 7.29. The molecule has 2 rings (SSSR count). The van der Waals surface area contributed by atoms with Gasteiger partial charge >= 0.3 is 0 Å². The highest BCUT2D eigenvalue weighted by Crippen LogP contribution is 2.17. The van der Waals surface area contributed by atoms with E-state index < -0.39 is 10.0 Å². The summed E-state index contributed by atoms with van der Waals surface area (Å²) in [5.41, 5.74) is 0.777. The predicted octanol–water partition coefficient (Wildman–Crippen LogP) is 1.66. The maximum Gasteiger partial charge on any atom is 0.240 e. The largest absolute Gasteiger partial charge is 0.312 e. The highest BCUT2D eigenvalue weighted by molar-refractivity contribution is 7.89. The van der Waals surface area contributed by atoms with Gasteiger partial charge in [-0.1, -0.05) is 25.1 Å². The summed E-state index contributed by atoms with van der Waals surface area (Å²) in [4.78, 5) is 0.374. The Balaban J connectivity index is 2.04. The lowest BCUT2D eigenvalue weighted by atomic mass is 9.93. The second-order valence-electron chi connectivity index (χ2n) is 5.30. The van der Waals surface area contributed by atoms with Gasteiger partial charge in [-0.05, 0) is 43.9 Å². The van der Waals surface area contributed by atoms with Crippen LogP contribution in [0.15, 0.2) is 29.2 Å². The maximum atomic E-state index is 12.3. The Morgan fingerprint density at radius 3 is 2.79 bits per heavy atom. The first kappa shape index (κ1) is 14.5. The van der Waals surface area contributed by atoms with Gasteiger partial charge in [-0.15, -0.1) is 0 Å². The van der Waals surface area contributed by atoms with Crippen molar-refractivity contribution in [1.82, 2.24) is 10.0 Å². The van der Waals surface area contributed by atoms with Gasteiger partial charge in [-0.25, -0.2) is 13.1 Å². The SMILES string of the molecule is Cc1ccccc1S(=O)(=O)NCC1NCCCC1C. The average Bonchev–Trinajstić information content (AvgIpc) is 2.38. The van der Waals surface area contributed by atoms with E-state index in [0.29, 0.717) is 17.4 Å². The van der Waals surface area contributed by atoms with Crippen LogP contribution in [0.3, 0.4) is 0 Å². The van der Waals surface area contributed by atoms with Gasteiger partial charge in [-0.2, -0.15) is 0 Å². The molecule has 2 N–H and O–H groups in total. The average molecular weight is 282 g/mol. The minimum absolute atomic E-state index is 0.229. The fraction of sp³-hybridized carbons (Fsp3) is 0.571. The second-order valence-corrected chi connectivity index (χ2v) is 7.03. The number of hydrogen-bond donors (Lipinski definition) is 2. The molecule has 2 unspecified atom stereocenters. The van der Waals surface area contributed by atoms with Crippen molar-refractivity contribution >= 4 is 10.0 Å². The molecule has 0 saturated carbocycles. The molecular formula is C14H22N2O2S. The van der Waals surface area contributed by atoms with Gasteiger partial charge in [0.1, 0.15) is 0 Å². The lowest BCUT2D eigenvalue weighted by Crippen LogP contribution is -2.47. The van der Waals surface area contributed by atoms with Crippen LogP contribution in [0, 0.1) is 12.8 Å². The smallest absolute Gasteiger partial charge is 0.240 e. The van der Waals surface area contributed by atoms with Gasteiger partial charge in [0.15, 0.2) is 0 Å². The van der Waals surface area contributed by atoms with Crippen molar-refractivity contribution in [1.29, 1.82) is 0 Å². The predicted molar refractivity (Wildman–Crippen MR) is 76.6 cm³/mol. The van der Waals surface area contributed by atoms with E-state index in [1.54, 1.807) is 12.1 Å². The summed E-state index contributed by atoms with van der Waals surface area (Å²) >= 11 is 0. The molecule has 1 aromatic rings. The van der Waals surface area contributed by atoms with Crippen molar-refractivity contribution in [3.63, 3.8) is 0 Å². The molecule has 0 bridgehead atoms. The van der Waals surface area contributed by atoms with Crippen molar-refractivity contribution < 1.29 is 8.42 Å². The molecule has 0 spiro atoms. The van der Waals surface area contributed by atoms with E-state index in [0.717, 1.165) is 18.5 Å². The van der Waals surface area contributed by atoms with Gasteiger partial charge in [-0.3, -0.25) is 0 Å². The number of benzene rings is 1. The number of rotatable bonds is 4. The highest BCUT2D eigenvalue weighted by atomic mass is 32.2. The van der Waals surface area contributed by atoms with Crippen LogP contribution >= 0.6 is 0 Å². The molecule has 1 aliphatic rings. The quantitative estimate of drug-likeness (QED) is 0.883. The van der Waals surface area contributed by atoms with Gasteiger partial charge in [0, 0.05) is 12.6 Å². The third-order valence-corrected chi connectivity index (χ3v) is 5.39. The molecule has 1 aromatic carbocycles. The minimum Gasteiger partial charge on any atom is -0.312 e. The molecule has 1 fully saturated rings. The standard InChI is InChI=1S/C14H22N2O2S/c1-11-7-5-9-15-13(11)10-16-19(17,18)14-8-4-3-6-12(14)2/h3-4,6,8,11,13,15-16H,5,7,9-10H2,1-2H3. The van der Waals surface area contributed by atoms with Crippen LogP contribution in [-0.4, -0.2) is 27.5 Å². The van der Waals surface area contributed by atoms with Crippen LogP contribution < -0.4 is 10.0 Å². The van der Waals surface area contributed by atoms with Crippen LogP contribution in [0.5, 0.6) is 0 Å². The Bertz CT molecular complexity index is 528. The Morgan fingerprint density at radius 2 is 2.11 bits per heavy atom. The first-order valence-corrected chi connectivity index (χ1v) is 8.28. The Hall–Kier alpha value is -0.910. The third kappa shape index (κ3) is 3.55. The van der Waals surface area contributed by atoms with E-state index in [2.05, 4.69) is 17.0 Å². The minimum atomic E-state index is -3.40. The lowest BCUT2D eigenvalue weighted by molar-refractivity contribution is 0.300. The van der Waals surface area contributed by atoms with Gasteiger partial charge in [0.05, 0.1) is 4.90 Å². The Morgan fingerprint density at radius 1 is 1.37 bits per heavy atom. The van der Waals surface area contributed by atoms with Crippen LogP contribution in [-0.2, 0) is 10.0 Å². The number of nitrogens with one attached hydrogen (secondary N) is 2. The summed E-state index contributed by atoms with van der Waals surface area (Å²) in [6.45, 7) is 5.41. The van der Waals surface area contributed by atoms with E-state index in [1.807, 2.05) is 19.1 Å². The normalized spacial score (nSPS) is 24.3. The second kappa shape index (κ2) is 6.03. The van der Waals surface area contributed by atoms with Gasteiger partial charge < -0.3 is 5.32 Å². The summed E-state index contributed by atoms with van der Waals surface area (Å²) in [5.74, 6) is 0.508. The topological polar surface area (TPSA) is 58.2 Å². The number of hydrogen-bond acceptors (Lipinski definition) is 3. The van der Waals surface area contributed by atoms with E-state index >= 15 is 0 Å². The van der Waals surface area contributed by atoms with Crippen LogP contribution in [0.1, 0.15) is 25.3 Å². The number of piperidine rings is 1. The summed E-state index contributed by atoms with van der Waals surface area (Å²) < 4.78 is 27.3. The zero-order valence-electron chi connectivity index (χ0n) is 11.5. The first-order valence-electron chi connectivity index (χ1n) is 6.79. The summed E-state index contributed by atoms with van der Waals surface area (Å²) in [6.07, 6.45) is 2.33. The zero-order chi connectivity index (χ0) is 13.9. The Kier molecular flexibility index (Phi) is 4.60. The fourth-order valence-electron chi connectivity index (χ4n) is 2.52. The van der Waals surface area contributed by atoms with Crippen molar-refractivity contribution in [2.24, 2.45) is 5.92 Å². The molecule has 1 aliphatic heterocycles. The van der Waals surface area contributed by atoms with E-state index in [-0.39, 0.29) is 6.04 Å². The van der Waals surface area contributed by atoms with Crippen LogP contribution in [0.4, 0.5) is 0 Å². The van der Waals surface area contributed by atoms with Crippen molar-refractivity contribution in [3.8, 4) is 0 Å². The molecule has 5 heteroatoms. The van der Waals surface area contributed by atoms with E-state index in [1.165, 1.54) is 6.42 Å². The zero-order valence-corrected chi connectivity index (χ0v) is 12.3. The molecule has 0 radical (unpaired) electrons. The van der Waals surface area contributed by atoms with Crippen molar-refractivity contribution in [2.45, 2.75) is 37.6 Å². The van der Waals surface area contributed by atoms with E-state index in [9.17, 15) is 8.42 Å². The molecule has 19 heavy (non-hydrogen) atoms. The molecule has 0 amide bonds. The third-order valence-electron chi connectivity index (χ3n) is 3.81. The molecule has 0 aliphatic carbocycles. The Labute approximate surface area is 115 Å². The molecular weight excluding hydrogens is 260 g/mol. The highest BCUT2D eigenvalue weighted by Gasteiger charge is 2.23. The number of sulfonamides is 1. The molecule has 1 saturated heterocycles. The number of aryl methyl sites for hydroxylation is 1. The molecule has 0 aromatic heterocycles. The molecule has 1 heterocycles.